The number of hydrogen-bond acceptors (Lipinski definition) is 4. The zero-order chi connectivity index (χ0) is 18.4. The fourth-order valence-corrected chi connectivity index (χ4v) is 2.83. The molecule has 1 unspecified atom stereocenters. The van der Waals surface area contributed by atoms with Gasteiger partial charge in [0, 0.05) is 35.0 Å². The highest BCUT2D eigenvalue weighted by atomic mass is 16.5. The number of carbonyl (C=O) groups excluding carboxylic acids is 3. The number of fused-ring (bicyclic) bond motifs is 1. The second-order valence-corrected chi connectivity index (χ2v) is 6.45. The molecule has 25 heavy (non-hydrogen) atoms. The number of Topliss-reactive ketones (excluding diaryl/α,β-unsaturated/α-hetero) is 1. The lowest BCUT2D eigenvalue weighted by Gasteiger charge is -2.17. The van der Waals surface area contributed by atoms with E-state index in [-0.39, 0.29) is 30.6 Å². The van der Waals surface area contributed by atoms with E-state index in [0.717, 1.165) is 10.9 Å². The van der Waals surface area contributed by atoms with Crippen LogP contribution in [0.2, 0.25) is 0 Å². The zero-order valence-electron chi connectivity index (χ0n) is 14.3. The predicted molar refractivity (Wildman–Crippen MR) is 93.1 cm³/mol. The van der Waals surface area contributed by atoms with Crippen LogP contribution in [0, 0.1) is 11.8 Å². The highest BCUT2D eigenvalue weighted by Crippen LogP contribution is 2.18. The maximum absolute atomic E-state index is 12.4. The van der Waals surface area contributed by atoms with Gasteiger partial charge in [-0.1, -0.05) is 32.0 Å². The van der Waals surface area contributed by atoms with Gasteiger partial charge in [-0.05, 0) is 18.4 Å². The van der Waals surface area contributed by atoms with Crippen LogP contribution >= 0.6 is 0 Å². The number of para-hydroxylation sites is 1. The highest BCUT2D eigenvalue weighted by molar-refractivity contribution is 6.09. The van der Waals surface area contributed by atoms with Crippen molar-refractivity contribution >= 4 is 28.5 Å². The van der Waals surface area contributed by atoms with Crippen LogP contribution in [-0.4, -0.2) is 34.3 Å². The van der Waals surface area contributed by atoms with Crippen molar-refractivity contribution in [2.24, 2.45) is 11.8 Å². The molecule has 7 nitrogen and oxygen atoms in total. The number of rotatable bonds is 8. The summed E-state index contributed by atoms with van der Waals surface area (Å²) in [6.45, 7) is 3.73. The quantitative estimate of drug-likeness (QED) is 0.333. The van der Waals surface area contributed by atoms with Crippen LogP contribution in [0.25, 0.3) is 10.9 Å². The number of carbonyl (C=O) groups is 3. The molecule has 7 heteroatoms. The first kappa shape index (κ1) is 18.7. The molecule has 0 aliphatic heterocycles. The molecule has 0 spiro atoms. The van der Waals surface area contributed by atoms with E-state index in [4.69, 9.17) is 5.21 Å². The molecule has 4 N–H and O–H groups in total. The van der Waals surface area contributed by atoms with Gasteiger partial charge in [-0.15, -0.1) is 0 Å². The number of nitrogens with one attached hydrogen (secondary N) is 3. The van der Waals surface area contributed by atoms with Crippen molar-refractivity contribution in [2.75, 3.05) is 6.54 Å². The normalized spacial score (nSPS) is 12.2. The van der Waals surface area contributed by atoms with Crippen LogP contribution in [0.15, 0.2) is 30.5 Å². The standard InChI is InChI=1S/C18H23N3O4/c1-11(2)7-12(8-17(23)21-25)18(24)20-10-16(22)14-9-19-15-6-4-3-5-13(14)15/h3-6,9,11-12,19,25H,7-8,10H2,1-2H3,(H,20,24)(H,21,23). The van der Waals surface area contributed by atoms with E-state index in [0.29, 0.717) is 12.0 Å². The maximum Gasteiger partial charge on any atom is 0.244 e. The second kappa shape index (κ2) is 8.43. The van der Waals surface area contributed by atoms with Crippen molar-refractivity contribution in [2.45, 2.75) is 26.7 Å². The molecule has 2 amide bonds. The summed E-state index contributed by atoms with van der Waals surface area (Å²) in [6, 6.07) is 7.43. The van der Waals surface area contributed by atoms with Crippen LogP contribution in [0.3, 0.4) is 0 Å². The number of ketones is 1. The molecular weight excluding hydrogens is 322 g/mol. The summed E-state index contributed by atoms with van der Waals surface area (Å²) in [5.74, 6) is -1.59. The Morgan fingerprint density at radius 3 is 2.60 bits per heavy atom. The van der Waals surface area contributed by atoms with E-state index < -0.39 is 11.8 Å². The van der Waals surface area contributed by atoms with Crippen molar-refractivity contribution in [3.05, 3.63) is 36.0 Å². The number of benzene rings is 1. The summed E-state index contributed by atoms with van der Waals surface area (Å²) in [4.78, 5) is 39.1. The van der Waals surface area contributed by atoms with E-state index in [1.807, 2.05) is 38.1 Å². The lowest BCUT2D eigenvalue weighted by Crippen LogP contribution is -2.37. The smallest absolute Gasteiger partial charge is 0.244 e. The number of amides is 2. The molecule has 1 atom stereocenters. The van der Waals surface area contributed by atoms with Crippen molar-refractivity contribution in [3.63, 3.8) is 0 Å². The number of hydroxylamine groups is 1. The van der Waals surface area contributed by atoms with Gasteiger partial charge in [0.25, 0.3) is 0 Å². The van der Waals surface area contributed by atoms with E-state index in [2.05, 4.69) is 10.3 Å². The number of hydrogen-bond donors (Lipinski definition) is 4. The van der Waals surface area contributed by atoms with E-state index in [1.54, 1.807) is 11.7 Å². The summed E-state index contributed by atoms with van der Waals surface area (Å²) < 4.78 is 0. The van der Waals surface area contributed by atoms with Gasteiger partial charge in [-0.25, -0.2) is 5.48 Å². The van der Waals surface area contributed by atoms with Gasteiger partial charge >= 0.3 is 0 Å². The third-order valence-corrected chi connectivity index (χ3v) is 4.00. The molecule has 0 saturated heterocycles. The summed E-state index contributed by atoms with van der Waals surface area (Å²) in [5, 5.41) is 12.1. The van der Waals surface area contributed by atoms with Gasteiger partial charge in [-0.3, -0.25) is 19.6 Å². The molecular formula is C18H23N3O4. The SMILES string of the molecule is CC(C)CC(CC(=O)NO)C(=O)NCC(=O)c1c[nH]c2ccccc12. The van der Waals surface area contributed by atoms with Crippen LogP contribution in [0.5, 0.6) is 0 Å². The third kappa shape index (κ3) is 4.90. The average molecular weight is 345 g/mol. The third-order valence-electron chi connectivity index (χ3n) is 4.00. The first-order valence-corrected chi connectivity index (χ1v) is 8.22. The summed E-state index contributed by atoms with van der Waals surface area (Å²) >= 11 is 0. The molecule has 0 aliphatic carbocycles. The van der Waals surface area contributed by atoms with Crippen molar-refractivity contribution in [1.29, 1.82) is 0 Å². The fourth-order valence-electron chi connectivity index (χ4n) is 2.83. The Balaban J connectivity index is 2.01. The molecule has 0 radical (unpaired) electrons. The minimum absolute atomic E-state index is 0.123. The van der Waals surface area contributed by atoms with E-state index in [9.17, 15) is 14.4 Å². The lowest BCUT2D eigenvalue weighted by molar-refractivity contribution is -0.135. The van der Waals surface area contributed by atoms with Gasteiger partial charge in [0.1, 0.15) is 0 Å². The Morgan fingerprint density at radius 1 is 1.20 bits per heavy atom. The Kier molecular flexibility index (Phi) is 6.30. The molecule has 0 fully saturated rings. The molecule has 1 aromatic heterocycles. The zero-order valence-corrected chi connectivity index (χ0v) is 14.3. The number of H-pyrrole nitrogens is 1. The average Bonchev–Trinajstić information content (AvgIpc) is 3.02. The van der Waals surface area contributed by atoms with Crippen LogP contribution in [-0.2, 0) is 9.59 Å². The second-order valence-electron chi connectivity index (χ2n) is 6.45. The van der Waals surface area contributed by atoms with Gasteiger partial charge in [0.15, 0.2) is 5.78 Å². The van der Waals surface area contributed by atoms with E-state index >= 15 is 0 Å². The molecule has 1 heterocycles. The molecule has 2 aromatic rings. The van der Waals surface area contributed by atoms with Gasteiger partial charge in [-0.2, -0.15) is 0 Å². The molecule has 134 valence electrons. The Hall–Kier alpha value is -2.67. The minimum Gasteiger partial charge on any atom is -0.360 e. The summed E-state index contributed by atoms with van der Waals surface area (Å²) in [5.41, 5.74) is 2.91. The maximum atomic E-state index is 12.4. The van der Waals surface area contributed by atoms with Crippen molar-refractivity contribution < 1.29 is 19.6 Å². The van der Waals surface area contributed by atoms with Crippen molar-refractivity contribution in [3.8, 4) is 0 Å². The fraction of sp³-hybridized carbons (Fsp3) is 0.389. The first-order chi connectivity index (χ1) is 11.9. The Morgan fingerprint density at radius 2 is 1.92 bits per heavy atom. The van der Waals surface area contributed by atoms with Crippen LogP contribution < -0.4 is 10.8 Å². The summed E-state index contributed by atoms with van der Waals surface area (Å²) in [6.07, 6.45) is 1.99. The highest BCUT2D eigenvalue weighted by Gasteiger charge is 2.23. The number of aromatic nitrogens is 1. The van der Waals surface area contributed by atoms with E-state index in [1.165, 1.54) is 0 Å². The van der Waals surface area contributed by atoms with Crippen LogP contribution in [0.1, 0.15) is 37.0 Å². The first-order valence-electron chi connectivity index (χ1n) is 8.22. The Labute approximate surface area is 145 Å². The van der Waals surface area contributed by atoms with Gasteiger partial charge in [0.05, 0.1) is 6.54 Å². The summed E-state index contributed by atoms with van der Waals surface area (Å²) in [7, 11) is 0. The Bertz CT molecular complexity index is 767. The lowest BCUT2D eigenvalue weighted by atomic mass is 9.93. The topological polar surface area (TPSA) is 111 Å². The molecule has 0 bridgehead atoms. The van der Waals surface area contributed by atoms with Crippen LogP contribution in [0.4, 0.5) is 0 Å². The molecule has 1 aromatic carbocycles. The molecule has 0 saturated carbocycles. The number of aromatic amines is 1. The molecule has 2 rings (SSSR count). The monoisotopic (exact) mass is 345 g/mol. The van der Waals surface area contributed by atoms with Gasteiger partial charge < -0.3 is 10.3 Å². The van der Waals surface area contributed by atoms with Gasteiger partial charge in [0.2, 0.25) is 11.8 Å². The minimum atomic E-state index is -0.622. The largest absolute Gasteiger partial charge is 0.360 e. The molecule has 0 aliphatic rings. The van der Waals surface area contributed by atoms with Crippen molar-refractivity contribution in [1.82, 2.24) is 15.8 Å². The predicted octanol–water partition coefficient (Wildman–Crippen LogP) is 2.02.